The molecule has 0 aromatic heterocycles. The van der Waals surface area contributed by atoms with Crippen molar-refractivity contribution in [3.63, 3.8) is 0 Å². The molecule has 1 fully saturated rings. The van der Waals surface area contributed by atoms with E-state index in [2.05, 4.69) is 12.2 Å². The molecule has 1 heterocycles. The van der Waals surface area contributed by atoms with Crippen LogP contribution in [0.4, 0.5) is 0 Å². The minimum Gasteiger partial charge on any atom is -0.336 e. The van der Waals surface area contributed by atoms with Crippen molar-refractivity contribution >= 4 is 18.3 Å². The van der Waals surface area contributed by atoms with Gasteiger partial charge in [0.25, 0.3) is 0 Å². The highest BCUT2D eigenvalue weighted by Gasteiger charge is 2.17. The van der Waals surface area contributed by atoms with Crippen molar-refractivity contribution in [3.8, 4) is 0 Å². The van der Waals surface area contributed by atoms with Gasteiger partial charge in [0.1, 0.15) is 0 Å². The van der Waals surface area contributed by atoms with E-state index in [9.17, 15) is 4.79 Å². The second-order valence-electron chi connectivity index (χ2n) is 3.45. The number of amides is 1. The lowest BCUT2D eigenvalue weighted by atomic mass is 10.2. The maximum atomic E-state index is 11.5. The Kier molecular flexibility index (Phi) is 6.58. The fourth-order valence-electron chi connectivity index (χ4n) is 1.46. The number of carbonyl (C=O) groups excluding carboxylic acids is 1. The highest BCUT2D eigenvalue weighted by Crippen LogP contribution is 1.99. The van der Waals surface area contributed by atoms with Crippen molar-refractivity contribution < 1.29 is 4.79 Å². The van der Waals surface area contributed by atoms with Crippen molar-refractivity contribution in [2.24, 2.45) is 0 Å². The summed E-state index contributed by atoms with van der Waals surface area (Å²) in [6.07, 6.45) is 4.51. The highest BCUT2D eigenvalue weighted by atomic mass is 35.5. The maximum Gasteiger partial charge on any atom is 0.246 e. The van der Waals surface area contributed by atoms with E-state index in [0.29, 0.717) is 6.04 Å². The number of piperazine rings is 1. The summed E-state index contributed by atoms with van der Waals surface area (Å²) in [6, 6.07) is 0.424. The first kappa shape index (κ1) is 13.5. The first-order valence-electron chi connectivity index (χ1n) is 4.93. The topological polar surface area (TPSA) is 32.3 Å². The van der Waals surface area contributed by atoms with Crippen molar-refractivity contribution in [2.75, 3.05) is 19.6 Å². The SMILES string of the molecule is CC/C=C/C(=O)N1CCN[C@H](C)C1.Cl. The summed E-state index contributed by atoms with van der Waals surface area (Å²) in [5.41, 5.74) is 0. The molecule has 0 saturated carbocycles. The van der Waals surface area contributed by atoms with Gasteiger partial charge in [-0.1, -0.05) is 13.0 Å². The number of allylic oxidation sites excluding steroid dienone is 1. The van der Waals surface area contributed by atoms with Crippen molar-refractivity contribution in [1.29, 1.82) is 0 Å². The zero-order chi connectivity index (χ0) is 9.68. The van der Waals surface area contributed by atoms with Crippen molar-refractivity contribution in [1.82, 2.24) is 10.2 Å². The zero-order valence-corrected chi connectivity index (χ0v) is 9.64. The van der Waals surface area contributed by atoms with Crippen LogP contribution in [0.5, 0.6) is 0 Å². The molecule has 4 heteroatoms. The second kappa shape index (κ2) is 6.85. The van der Waals surface area contributed by atoms with Crippen LogP contribution in [0.25, 0.3) is 0 Å². The van der Waals surface area contributed by atoms with Crippen molar-refractivity contribution in [2.45, 2.75) is 26.3 Å². The number of rotatable bonds is 2. The lowest BCUT2D eigenvalue weighted by molar-refractivity contribution is -0.127. The predicted molar refractivity (Wildman–Crippen MR) is 60.7 cm³/mol. The first-order chi connectivity index (χ1) is 6.24. The Morgan fingerprint density at radius 3 is 2.93 bits per heavy atom. The van der Waals surface area contributed by atoms with Gasteiger partial charge in [-0.15, -0.1) is 12.4 Å². The van der Waals surface area contributed by atoms with Crippen LogP contribution in [0.15, 0.2) is 12.2 Å². The third kappa shape index (κ3) is 4.11. The molecule has 1 aliphatic heterocycles. The third-order valence-corrected chi connectivity index (χ3v) is 2.18. The summed E-state index contributed by atoms with van der Waals surface area (Å²) >= 11 is 0. The van der Waals surface area contributed by atoms with Crippen LogP contribution in [0, 0.1) is 0 Å². The molecule has 1 N–H and O–H groups in total. The molecular formula is C10H19ClN2O. The molecule has 3 nitrogen and oxygen atoms in total. The molecule has 1 saturated heterocycles. The Labute approximate surface area is 92.0 Å². The Hall–Kier alpha value is -0.540. The molecule has 0 radical (unpaired) electrons. The molecule has 0 spiro atoms. The van der Waals surface area contributed by atoms with E-state index in [1.165, 1.54) is 0 Å². The Morgan fingerprint density at radius 1 is 1.64 bits per heavy atom. The van der Waals surface area contributed by atoms with Gasteiger partial charge in [0.2, 0.25) is 5.91 Å². The van der Waals surface area contributed by atoms with Gasteiger partial charge >= 0.3 is 0 Å². The van der Waals surface area contributed by atoms with Crippen LogP contribution >= 0.6 is 12.4 Å². The average molecular weight is 219 g/mol. The van der Waals surface area contributed by atoms with E-state index in [0.717, 1.165) is 26.1 Å². The number of hydrogen-bond donors (Lipinski definition) is 1. The average Bonchev–Trinajstić information content (AvgIpc) is 2.14. The standard InChI is InChI=1S/C10H18N2O.ClH/c1-3-4-5-10(13)12-7-6-11-9(2)8-12;/h4-5,9,11H,3,6-8H2,1-2H3;1H/b5-4+;/t9-;/m1./s1. The normalized spacial score (nSPS) is 22.1. The van der Waals surface area contributed by atoms with Gasteiger partial charge in [0.05, 0.1) is 0 Å². The fourth-order valence-corrected chi connectivity index (χ4v) is 1.46. The van der Waals surface area contributed by atoms with Gasteiger partial charge in [-0.3, -0.25) is 4.79 Å². The second-order valence-corrected chi connectivity index (χ2v) is 3.45. The molecule has 1 amide bonds. The summed E-state index contributed by atoms with van der Waals surface area (Å²) in [6.45, 7) is 6.70. The van der Waals surface area contributed by atoms with Gasteiger partial charge in [-0.2, -0.15) is 0 Å². The number of hydrogen-bond acceptors (Lipinski definition) is 2. The van der Waals surface area contributed by atoms with Crippen LogP contribution in [0.3, 0.4) is 0 Å². The summed E-state index contributed by atoms with van der Waals surface area (Å²) in [4.78, 5) is 13.4. The Bertz CT molecular complexity index is 206. The zero-order valence-electron chi connectivity index (χ0n) is 8.82. The van der Waals surface area contributed by atoms with E-state index in [1.54, 1.807) is 6.08 Å². The molecule has 14 heavy (non-hydrogen) atoms. The molecule has 0 aromatic rings. The van der Waals surface area contributed by atoms with Crippen LogP contribution in [0.2, 0.25) is 0 Å². The van der Waals surface area contributed by atoms with Crippen LogP contribution in [-0.4, -0.2) is 36.5 Å². The van der Waals surface area contributed by atoms with E-state index in [4.69, 9.17) is 0 Å². The minimum absolute atomic E-state index is 0. The summed E-state index contributed by atoms with van der Waals surface area (Å²) in [7, 11) is 0. The Morgan fingerprint density at radius 2 is 2.36 bits per heavy atom. The molecule has 0 unspecified atom stereocenters. The predicted octanol–water partition coefficient (Wildman–Crippen LogP) is 1.19. The minimum atomic E-state index is 0. The van der Waals surface area contributed by atoms with Gasteiger partial charge in [0.15, 0.2) is 0 Å². The lowest BCUT2D eigenvalue weighted by Gasteiger charge is -2.31. The molecule has 82 valence electrons. The lowest BCUT2D eigenvalue weighted by Crippen LogP contribution is -2.50. The van der Waals surface area contributed by atoms with Crippen LogP contribution in [0.1, 0.15) is 20.3 Å². The summed E-state index contributed by atoms with van der Waals surface area (Å²) < 4.78 is 0. The van der Waals surface area contributed by atoms with E-state index in [-0.39, 0.29) is 18.3 Å². The van der Waals surface area contributed by atoms with Crippen molar-refractivity contribution in [3.05, 3.63) is 12.2 Å². The number of halogens is 1. The molecule has 0 aliphatic carbocycles. The van der Waals surface area contributed by atoms with Gasteiger partial charge < -0.3 is 10.2 Å². The monoisotopic (exact) mass is 218 g/mol. The number of nitrogens with one attached hydrogen (secondary N) is 1. The smallest absolute Gasteiger partial charge is 0.246 e. The number of nitrogens with zero attached hydrogens (tertiary/aromatic N) is 1. The third-order valence-electron chi connectivity index (χ3n) is 2.18. The highest BCUT2D eigenvalue weighted by molar-refractivity contribution is 5.87. The number of carbonyl (C=O) groups is 1. The molecule has 1 aliphatic rings. The molecule has 0 aromatic carbocycles. The molecular weight excluding hydrogens is 200 g/mol. The largest absolute Gasteiger partial charge is 0.336 e. The van der Waals surface area contributed by atoms with Gasteiger partial charge in [-0.25, -0.2) is 0 Å². The van der Waals surface area contributed by atoms with Gasteiger partial charge in [0, 0.05) is 25.7 Å². The Balaban J connectivity index is 0.00000169. The molecule has 0 bridgehead atoms. The van der Waals surface area contributed by atoms with E-state index in [1.807, 2.05) is 17.9 Å². The van der Waals surface area contributed by atoms with Gasteiger partial charge in [-0.05, 0) is 19.4 Å². The fraction of sp³-hybridized carbons (Fsp3) is 0.700. The summed E-state index contributed by atoms with van der Waals surface area (Å²) in [5, 5.41) is 3.30. The maximum absolute atomic E-state index is 11.5. The first-order valence-corrected chi connectivity index (χ1v) is 4.93. The van der Waals surface area contributed by atoms with E-state index < -0.39 is 0 Å². The van der Waals surface area contributed by atoms with Crippen LogP contribution in [-0.2, 0) is 4.79 Å². The summed E-state index contributed by atoms with van der Waals surface area (Å²) in [5.74, 6) is 0.148. The molecule has 1 rings (SSSR count). The van der Waals surface area contributed by atoms with Crippen LogP contribution < -0.4 is 5.32 Å². The van der Waals surface area contributed by atoms with E-state index >= 15 is 0 Å². The quantitative estimate of drug-likeness (QED) is 0.707. The molecule has 1 atom stereocenters.